The van der Waals surface area contributed by atoms with Gasteiger partial charge in [-0.15, -0.1) is 0 Å². The van der Waals surface area contributed by atoms with Gasteiger partial charge in [-0.1, -0.05) is 121 Å². The van der Waals surface area contributed by atoms with E-state index in [2.05, 4.69) is 21.5 Å². The van der Waals surface area contributed by atoms with Crippen LogP contribution in [0.15, 0.2) is 140 Å². The van der Waals surface area contributed by atoms with Gasteiger partial charge in [0, 0.05) is 0 Å². The van der Waals surface area contributed by atoms with Crippen LogP contribution in [-0.4, -0.2) is 63.3 Å². The number of rotatable bonds is 14. The quantitative estimate of drug-likeness (QED) is 0.115. The van der Waals surface area contributed by atoms with E-state index in [0.29, 0.717) is 22.2 Å². The van der Waals surface area contributed by atoms with E-state index in [1.165, 1.54) is 16.9 Å². The molecule has 1 N–H and O–H groups in total. The minimum Gasteiger partial charge on any atom is -0.463 e. The molecule has 13 nitrogen and oxygen atoms in total. The molecule has 3 heterocycles. The summed E-state index contributed by atoms with van der Waals surface area (Å²) in [6.07, 6.45) is -3.38. The molecule has 1 amide bonds. The van der Waals surface area contributed by atoms with Crippen LogP contribution < -0.4 is 5.32 Å². The van der Waals surface area contributed by atoms with Crippen molar-refractivity contribution in [3.05, 3.63) is 168 Å². The van der Waals surface area contributed by atoms with E-state index in [1.807, 2.05) is 48.5 Å². The molecule has 0 spiro atoms. The van der Waals surface area contributed by atoms with Crippen LogP contribution in [0, 0.1) is 11.3 Å². The standard InChI is InChI=1S/C44H37N5O8/c45-28-44(36-22-21-34-43(46-29-47-49(34)36)48-37(50)23-30-13-5-1-6-14-30)42(56-40(53)26-33-19-11-4-12-20-33)41(55-39(52)25-32-17-9-3-10-18-32)35(57-44)27-54-38(51)24-31-15-7-2-8-16-31/h1-22,29,35,41-42H,23-27H2,(H,46,47,48,50)/t35-,41-,42-,44+/m1/s1. The van der Waals surface area contributed by atoms with E-state index in [4.69, 9.17) is 18.9 Å². The van der Waals surface area contributed by atoms with Crippen molar-refractivity contribution >= 4 is 35.1 Å². The fourth-order valence-corrected chi connectivity index (χ4v) is 6.73. The Labute approximate surface area is 327 Å². The third-order valence-corrected chi connectivity index (χ3v) is 9.38. The molecule has 1 aliphatic rings. The first kappa shape index (κ1) is 38.1. The summed E-state index contributed by atoms with van der Waals surface area (Å²) in [6, 6.07) is 41.2. The zero-order chi connectivity index (χ0) is 39.6. The molecular weight excluding hydrogens is 727 g/mol. The maximum Gasteiger partial charge on any atom is 0.310 e. The fourth-order valence-electron chi connectivity index (χ4n) is 6.73. The Kier molecular flexibility index (Phi) is 11.7. The highest BCUT2D eigenvalue weighted by atomic mass is 16.7. The van der Waals surface area contributed by atoms with E-state index < -0.39 is 48.4 Å². The van der Waals surface area contributed by atoms with Gasteiger partial charge < -0.3 is 24.3 Å². The number of carbonyl (C=O) groups is 4. The van der Waals surface area contributed by atoms with E-state index in [0.717, 1.165) is 5.56 Å². The van der Waals surface area contributed by atoms with Crippen LogP contribution in [0.5, 0.6) is 0 Å². The highest BCUT2D eigenvalue weighted by Gasteiger charge is 2.62. The van der Waals surface area contributed by atoms with Crippen molar-refractivity contribution in [2.75, 3.05) is 11.9 Å². The summed E-state index contributed by atoms with van der Waals surface area (Å²) < 4.78 is 25.7. The van der Waals surface area contributed by atoms with Gasteiger partial charge >= 0.3 is 17.9 Å². The fraction of sp³-hybridized carbons (Fsp3) is 0.205. The van der Waals surface area contributed by atoms with Crippen LogP contribution in [0.2, 0.25) is 0 Å². The Morgan fingerprint density at radius 1 is 0.684 bits per heavy atom. The van der Waals surface area contributed by atoms with Crippen molar-refractivity contribution in [3.63, 3.8) is 0 Å². The second kappa shape index (κ2) is 17.5. The first-order valence-corrected chi connectivity index (χ1v) is 18.2. The van der Waals surface area contributed by atoms with E-state index in [-0.39, 0.29) is 43.1 Å². The molecule has 0 saturated carbocycles. The minimum atomic E-state index is -2.17. The Bertz CT molecular complexity index is 2390. The number of nitrogens with one attached hydrogen (secondary N) is 1. The molecule has 7 rings (SSSR count). The van der Waals surface area contributed by atoms with Crippen LogP contribution in [0.3, 0.4) is 0 Å². The Morgan fingerprint density at radius 2 is 1.19 bits per heavy atom. The van der Waals surface area contributed by atoms with Gasteiger partial charge in [0.05, 0.1) is 31.4 Å². The number of hydrogen-bond donors (Lipinski definition) is 1. The molecule has 4 atom stereocenters. The number of ether oxygens (including phenoxy) is 4. The molecule has 1 aliphatic heterocycles. The number of esters is 3. The van der Waals surface area contributed by atoms with Crippen LogP contribution in [0.25, 0.3) is 5.52 Å². The average molecular weight is 764 g/mol. The first-order chi connectivity index (χ1) is 27.8. The lowest BCUT2D eigenvalue weighted by atomic mass is 9.92. The molecule has 0 aliphatic carbocycles. The maximum atomic E-state index is 13.7. The Morgan fingerprint density at radius 3 is 1.74 bits per heavy atom. The molecule has 0 bridgehead atoms. The minimum absolute atomic E-state index is 0.0517. The van der Waals surface area contributed by atoms with Gasteiger partial charge in [0.15, 0.2) is 18.0 Å². The second-order valence-electron chi connectivity index (χ2n) is 13.4. The second-order valence-corrected chi connectivity index (χ2v) is 13.4. The third-order valence-electron chi connectivity index (χ3n) is 9.38. The van der Waals surface area contributed by atoms with Gasteiger partial charge in [0.2, 0.25) is 11.5 Å². The van der Waals surface area contributed by atoms with Gasteiger partial charge in [-0.25, -0.2) is 9.50 Å². The molecule has 1 fully saturated rings. The van der Waals surface area contributed by atoms with Crippen molar-refractivity contribution in [2.24, 2.45) is 0 Å². The van der Waals surface area contributed by atoms with Gasteiger partial charge in [-0.3, -0.25) is 19.2 Å². The maximum absolute atomic E-state index is 13.7. The zero-order valence-electron chi connectivity index (χ0n) is 30.6. The highest BCUT2D eigenvalue weighted by Crippen LogP contribution is 2.44. The summed E-state index contributed by atoms with van der Waals surface area (Å²) in [5.74, 6) is -2.21. The molecule has 0 unspecified atom stereocenters. The van der Waals surface area contributed by atoms with Crippen molar-refractivity contribution in [1.82, 2.24) is 14.6 Å². The van der Waals surface area contributed by atoms with Crippen LogP contribution >= 0.6 is 0 Å². The first-order valence-electron chi connectivity index (χ1n) is 18.2. The Hall–Kier alpha value is -7.17. The SMILES string of the molecule is N#C[C@@]1(c2ccc3c(NC(=O)Cc4ccccc4)ncnn23)O[C@H](COC(=O)Cc2ccccc2)[C@@H](OC(=O)Cc2ccccc2)[C@H]1OC(=O)Cc1ccccc1. The number of nitriles is 1. The predicted octanol–water partition coefficient (Wildman–Crippen LogP) is 5.12. The summed E-state index contributed by atoms with van der Waals surface area (Å²) in [5.41, 5.74) is 1.02. The number of benzene rings is 4. The topological polar surface area (TPSA) is 171 Å². The summed E-state index contributed by atoms with van der Waals surface area (Å²) in [4.78, 5) is 57.8. The smallest absolute Gasteiger partial charge is 0.310 e. The summed E-state index contributed by atoms with van der Waals surface area (Å²) in [6.45, 7) is -0.454. The number of aromatic nitrogens is 3. The Balaban J connectivity index is 1.24. The van der Waals surface area contributed by atoms with Crippen molar-refractivity contribution in [1.29, 1.82) is 5.26 Å². The number of amides is 1. The average Bonchev–Trinajstić information content (AvgIpc) is 3.78. The predicted molar refractivity (Wildman–Crippen MR) is 205 cm³/mol. The lowest BCUT2D eigenvalue weighted by Crippen LogP contribution is -2.46. The molecule has 286 valence electrons. The van der Waals surface area contributed by atoms with Crippen molar-refractivity contribution in [2.45, 2.75) is 49.6 Å². The van der Waals surface area contributed by atoms with E-state index >= 15 is 0 Å². The number of fused-ring (bicyclic) bond motifs is 1. The van der Waals surface area contributed by atoms with Gasteiger partial charge in [-0.05, 0) is 34.4 Å². The van der Waals surface area contributed by atoms with Crippen LogP contribution in [0.1, 0.15) is 27.9 Å². The summed E-state index contributed by atoms with van der Waals surface area (Å²) in [7, 11) is 0. The molecule has 0 radical (unpaired) electrons. The lowest BCUT2D eigenvalue weighted by molar-refractivity contribution is -0.169. The number of anilines is 1. The van der Waals surface area contributed by atoms with E-state index in [9.17, 15) is 24.4 Å². The summed E-state index contributed by atoms with van der Waals surface area (Å²) >= 11 is 0. The van der Waals surface area contributed by atoms with Crippen molar-refractivity contribution < 1.29 is 38.1 Å². The highest BCUT2D eigenvalue weighted by molar-refractivity contribution is 5.95. The molecule has 6 aromatic rings. The largest absolute Gasteiger partial charge is 0.463 e. The molecule has 13 heteroatoms. The number of carbonyl (C=O) groups excluding carboxylic acids is 4. The van der Waals surface area contributed by atoms with Gasteiger partial charge in [0.1, 0.15) is 30.6 Å². The van der Waals surface area contributed by atoms with Crippen LogP contribution in [-0.2, 0) is 69.4 Å². The lowest BCUT2D eigenvalue weighted by Gasteiger charge is -2.28. The number of nitrogens with zero attached hydrogens (tertiary/aromatic N) is 4. The van der Waals surface area contributed by atoms with Gasteiger partial charge in [-0.2, -0.15) is 10.4 Å². The zero-order valence-corrected chi connectivity index (χ0v) is 30.6. The third kappa shape index (κ3) is 9.04. The molecule has 4 aromatic carbocycles. The number of hydrogen-bond acceptors (Lipinski definition) is 11. The molecule has 57 heavy (non-hydrogen) atoms. The van der Waals surface area contributed by atoms with Crippen LogP contribution in [0.4, 0.5) is 5.82 Å². The molecular formula is C44H37N5O8. The normalized spacial score (nSPS) is 18.6. The monoisotopic (exact) mass is 763 g/mol. The van der Waals surface area contributed by atoms with E-state index in [1.54, 1.807) is 78.9 Å². The molecule has 2 aromatic heterocycles. The summed E-state index contributed by atoms with van der Waals surface area (Å²) in [5, 5.41) is 18.3. The van der Waals surface area contributed by atoms with Crippen molar-refractivity contribution in [3.8, 4) is 6.07 Å². The molecule has 1 saturated heterocycles. The van der Waals surface area contributed by atoms with Gasteiger partial charge in [0.25, 0.3) is 0 Å².